The largest absolute Gasteiger partial charge is 0.227 e. The van der Waals surface area contributed by atoms with Crippen molar-refractivity contribution in [1.29, 1.82) is 0 Å². The van der Waals surface area contributed by atoms with E-state index < -0.39 is 10.7 Å². The molecule has 11 heavy (non-hydrogen) atoms. The van der Waals surface area contributed by atoms with Gasteiger partial charge in [0.05, 0.1) is 9.92 Å². The normalized spacial score (nSPS) is 10.5. The number of hydrogen-bond acceptors (Lipinski definition) is 2. The van der Waals surface area contributed by atoms with Crippen molar-refractivity contribution in [2.45, 2.75) is 11.8 Å². The molecule has 1 aromatic rings. The average molecular weight is 191 g/mol. The Hall–Kier alpha value is -0.540. The number of halogens is 1. The molecule has 0 aliphatic rings. The van der Waals surface area contributed by atoms with Crippen LogP contribution in [-0.2, 0) is 10.7 Å². The van der Waals surface area contributed by atoms with E-state index in [0.717, 1.165) is 0 Å². The maximum absolute atomic E-state index is 10.6. The van der Waals surface area contributed by atoms with Gasteiger partial charge in [-0.25, -0.2) is 8.42 Å². The third-order valence-corrected chi connectivity index (χ3v) is 2.78. The van der Waals surface area contributed by atoms with Gasteiger partial charge in [-0.15, -0.1) is 0 Å². The Labute approximate surface area is 71.8 Å². The van der Waals surface area contributed by atoms with Crippen LogP contribution in [0.15, 0.2) is 23.1 Å². The Morgan fingerprint density at radius 3 is 2.36 bits per heavy atom. The summed E-state index contributed by atoms with van der Waals surface area (Å²) in [5, 5.41) is 0.293. The van der Waals surface area contributed by atoms with Crippen molar-refractivity contribution in [3.63, 3.8) is 0 Å². The number of benzene rings is 1. The van der Waals surface area contributed by atoms with E-state index in [9.17, 15) is 8.42 Å². The van der Waals surface area contributed by atoms with Crippen molar-refractivity contribution in [2.24, 2.45) is 0 Å². The molecule has 0 bridgehead atoms. The van der Waals surface area contributed by atoms with Gasteiger partial charge in [-0.3, -0.25) is 0 Å². The average Bonchev–Trinajstić information content (AvgIpc) is 1.85. The third-order valence-electron chi connectivity index (χ3n) is 1.37. The topological polar surface area (TPSA) is 34.1 Å². The number of rotatable bonds is 1. The molecule has 0 spiro atoms. The molecule has 0 amide bonds. The summed E-state index contributed by atoms with van der Waals surface area (Å²) >= 11 is 5.64. The molecule has 60 valence electrons. The molecule has 0 fully saturated rings. The summed E-state index contributed by atoms with van der Waals surface area (Å²) < 4.78 is 21.2. The maximum atomic E-state index is 10.6. The fraction of sp³-hybridized carbons (Fsp3) is 0.143. The first-order chi connectivity index (χ1) is 5.13. The van der Waals surface area contributed by atoms with Crippen molar-refractivity contribution in [1.82, 2.24) is 0 Å². The van der Waals surface area contributed by atoms with Crippen molar-refractivity contribution in [3.05, 3.63) is 28.8 Å². The molecule has 1 aromatic carbocycles. The standard InChI is InChI=1S/C7H7ClO2S/c1-5-3-2-4-6(8)7(5)11(9)10/h2-4,11H,1H3. The van der Waals surface area contributed by atoms with Crippen LogP contribution in [0.25, 0.3) is 0 Å². The van der Waals surface area contributed by atoms with Crippen LogP contribution in [0.1, 0.15) is 5.56 Å². The van der Waals surface area contributed by atoms with E-state index in [0.29, 0.717) is 10.6 Å². The lowest BCUT2D eigenvalue weighted by atomic mass is 10.2. The molecule has 0 heterocycles. The molecule has 0 aliphatic heterocycles. The van der Waals surface area contributed by atoms with E-state index >= 15 is 0 Å². The van der Waals surface area contributed by atoms with Gasteiger partial charge in [-0.1, -0.05) is 23.7 Å². The highest BCUT2D eigenvalue weighted by Crippen LogP contribution is 2.20. The third kappa shape index (κ3) is 1.73. The smallest absolute Gasteiger partial charge is 0.170 e. The zero-order valence-electron chi connectivity index (χ0n) is 5.87. The molecule has 4 heteroatoms. The van der Waals surface area contributed by atoms with Crippen molar-refractivity contribution in [2.75, 3.05) is 0 Å². The summed E-state index contributed by atoms with van der Waals surface area (Å²) in [7, 11) is -2.57. The van der Waals surface area contributed by atoms with Gasteiger partial charge in [0.2, 0.25) is 0 Å². The Balaban J connectivity index is 3.44. The molecule has 0 radical (unpaired) electrons. The van der Waals surface area contributed by atoms with Crippen LogP contribution in [0.4, 0.5) is 0 Å². The first kappa shape index (κ1) is 8.56. The summed E-state index contributed by atoms with van der Waals surface area (Å²) in [6.07, 6.45) is 0. The Morgan fingerprint density at radius 2 is 2.00 bits per heavy atom. The maximum Gasteiger partial charge on any atom is 0.170 e. The van der Waals surface area contributed by atoms with Crippen LogP contribution in [0, 0.1) is 6.92 Å². The second-order valence-electron chi connectivity index (χ2n) is 2.16. The molecule has 1 rings (SSSR count). The van der Waals surface area contributed by atoms with Gasteiger partial charge < -0.3 is 0 Å². The van der Waals surface area contributed by atoms with Gasteiger partial charge in [0, 0.05) is 0 Å². The molecule has 0 unspecified atom stereocenters. The summed E-state index contributed by atoms with van der Waals surface area (Å²) in [5.74, 6) is 0. The molecular weight excluding hydrogens is 184 g/mol. The predicted octanol–water partition coefficient (Wildman–Crippen LogP) is 1.62. The van der Waals surface area contributed by atoms with Crippen LogP contribution in [0.5, 0.6) is 0 Å². The second-order valence-corrected chi connectivity index (χ2v) is 3.53. The minimum atomic E-state index is -2.57. The van der Waals surface area contributed by atoms with Crippen molar-refractivity contribution in [3.8, 4) is 0 Å². The number of hydrogen-bond donors (Lipinski definition) is 1. The zero-order chi connectivity index (χ0) is 8.43. The quantitative estimate of drug-likeness (QED) is 0.683. The molecule has 0 aromatic heterocycles. The summed E-state index contributed by atoms with van der Waals surface area (Å²) in [5.41, 5.74) is 0.689. The van der Waals surface area contributed by atoms with Crippen molar-refractivity contribution < 1.29 is 8.42 Å². The zero-order valence-corrected chi connectivity index (χ0v) is 7.52. The lowest BCUT2D eigenvalue weighted by molar-refractivity contribution is 0.614. The van der Waals surface area contributed by atoms with Gasteiger partial charge in [0.25, 0.3) is 0 Å². The molecule has 0 atom stereocenters. The fourth-order valence-corrected chi connectivity index (χ4v) is 1.89. The van der Waals surface area contributed by atoms with Gasteiger partial charge in [-0.05, 0) is 18.6 Å². The summed E-state index contributed by atoms with van der Waals surface area (Å²) in [6.45, 7) is 1.71. The van der Waals surface area contributed by atoms with Crippen LogP contribution < -0.4 is 0 Å². The molecule has 0 saturated carbocycles. The SMILES string of the molecule is Cc1cccc(Cl)c1[SH](=O)=O. The van der Waals surface area contributed by atoms with Gasteiger partial charge in [-0.2, -0.15) is 0 Å². The molecule has 0 saturated heterocycles. The number of thiol groups is 1. The fourth-order valence-electron chi connectivity index (χ4n) is 0.854. The molecule has 0 aliphatic carbocycles. The van der Waals surface area contributed by atoms with Crippen LogP contribution in [-0.4, -0.2) is 8.42 Å². The van der Waals surface area contributed by atoms with Gasteiger partial charge in [0.1, 0.15) is 0 Å². The number of aryl methyl sites for hydroxylation is 1. The highest BCUT2D eigenvalue weighted by molar-refractivity contribution is 7.72. The monoisotopic (exact) mass is 190 g/mol. The second kappa shape index (κ2) is 3.24. The lowest BCUT2D eigenvalue weighted by Crippen LogP contribution is -1.86. The van der Waals surface area contributed by atoms with Crippen LogP contribution in [0.3, 0.4) is 0 Å². The van der Waals surface area contributed by atoms with Gasteiger partial charge >= 0.3 is 0 Å². The first-order valence-corrected chi connectivity index (χ1v) is 4.58. The van der Waals surface area contributed by atoms with Gasteiger partial charge in [0.15, 0.2) is 10.7 Å². The predicted molar refractivity (Wildman–Crippen MR) is 44.8 cm³/mol. The Kier molecular flexibility index (Phi) is 2.52. The Morgan fingerprint density at radius 1 is 1.36 bits per heavy atom. The van der Waals surface area contributed by atoms with Crippen LogP contribution in [0.2, 0.25) is 5.02 Å². The van der Waals surface area contributed by atoms with E-state index in [4.69, 9.17) is 11.6 Å². The summed E-state index contributed by atoms with van der Waals surface area (Å²) in [6, 6.07) is 5.00. The lowest BCUT2D eigenvalue weighted by Gasteiger charge is -1.98. The molecular formula is C7H7ClO2S. The van der Waals surface area contributed by atoms with E-state index in [2.05, 4.69) is 0 Å². The minimum absolute atomic E-state index is 0.226. The van der Waals surface area contributed by atoms with E-state index in [1.807, 2.05) is 0 Å². The Bertz CT molecular complexity index is 316. The highest BCUT2D eigenvalue weighted by Gasteiger charge is 2.04. The molecule has 0 N–H and O–H groups in total. The molecule has 2 nitrogen and oxygen atoms in total. The van der Waals surface area contributed by atoms with E-state index in [-0.39, 0.29) is 4.90 Å². The minimum Gasteiger partial charge on any atom is -0.227 e. The highest BCUT2D eigenvalue weighted by atomic mass is 35.5. The van der Waals surface area contributed by atoms with E-state index in [1.165, 1.54) is 0 Å². The van der Waals surface area contributed by atoms with Crippen molar-refractivity contribution >= 4 is 22.3 Å². The van der Waals surface area contributed by atoms with E-state index in [1.54, 1.807) is 25.1 Å². The summed E-state index contributed by atoms with van der Waals surface area (Å²) in [4.78, 5) is 0.226. The van der Waals surface area contributed by atoms with Crippen LogP contribution >= 0.6 is 11.6 Å². The first-order valence-electron chi connectivity index (χ1n) is 3.02.